The first-order chi connectivity index (χ1) is 9.49. The monoisotopic (exact) mass is 286 g/mol. The van der Waals surface area contributed by atoms with Gasteiger partial charge in [0.25, 0.3) is 0 Å². The Morgan fingerprint density at radius 2 is 1.75 bits per heavy atom. The maximum Gasteiger partial charge on any atom is 0.307 e. The fourth-order valence-corrected chi connectivity index (χ4v) is 2.42. The van der Waals surface area contributed by atoms with Crippen LogP contribution in [0.2, 0.25) is 0 Å². The summed E-state index contributed by atoms with van der Waals surface area (Å²) in [5.41, 5.74) is 0. The summed E-state index contributed by atoms with van der Waals surface area (Å²) < 4.78 is 5.72. The maximum absolute atomic E-state index is 12.4. The maximum atomic E-state index is 12.4. The SMILES string of the molecule is CCCCCC(=O)C(C(CC)OCCC)C(C)C(=O)O. The number of aliphatic carboxylic acids is 1. The molecule has 0 aliphatic rings. The molecular weight excluding hydrogens is 256 g/mol. The average molecular weight is 286 g/mol. The van der Waals surface area contributed by atoms with Crippen LogP contribution in [-0.4, -0.2) is 29.6 Å². The highest BCUT2D eigenvalue weighted by atomic mass is 16.5. The summed E-state index contributed by atoms with van der Waals surface area (Å²) >= 11 is 0. The quantitative estimate of drug-likeness (QED) is 0.556. The molecule has 3 atom stereocenters. The van der Waals surface area contributed by atoms with E-state index in [0.29, 0.717) is 19.4 Å². The van der Waals surface area contributed by atoms with Crippen LogP contribution in [0.5, 0.6) is 0 Å². The number of ether oxygens (including phenoxy) is 1. The minimum Gasteiger partial charge on any atom is -0.481 e. The topological polar surface area (TPSA) is 63.6 Å². The zero-order valence-electron chi connectivity index (χ0n) is 13.4. The van der Waals surface area contributed by atoms with Gasteiger partial charge in [0.1, 0.15) is 5.78 Å². The van der Waals surface area contributed by atoms with Gasteiger partial charge in [-0.15, -0.1) is 0 Å². The molecule has 0 aromatic heterocycles. The van der Waals surface area contributed by atoms with E-state index in [2.05, 4.69) is 6.92 Å². The molecule has 0 rings (SSSR count). The number of carbonyl (C=O) groups excluding carboxylic acids is 1. The Bertz CT molecular complexity index is 288. The van der Waals surface area contributed by atoms with Crippen molar-refractivity contribution in [2.45, 2.75) is 72.3 Å². The van der Waals surface area contributed by atoms with Crippen LogP contribution in [0, 0.1) is 11.8 Å². The first-order valence-electron chi connectivity index (χ1n) is 7.86. The van der Waals surface area contributed by atoms with E-state index < -0.39 is 17.8 Å². The van der Waals surface area contributed by atoms with Crippen LogP contribution in [0.25, 0.3) is 0 Å². The molecule has 0 heterocycles. The van der Waals surface area contributed by atoms with Crippen molar-refractivity contribution < 1.29 is 19.4 Å². The van der Waals surface area contributed by atoms with E-state index in [1.165, 1.54) is 0 Å². The molecule has 0 fully saturated rings. The lowest BCUT2D eigenvalue weighted by Gasteiger charge is -2.28. The predicted molar refractivity (Wildman–Crippen MR) is 79.8 cm³/mol. The van der Waals surface area contributed by atoms with Gasteiger partial charge in [-0.3, -0.25) is 9.59 Å². The predicted octanol–water partition coefficient (Wildman–Crippen LogP) is 3.68. The fourth-order valence-electron chi connectivity index (χ4n) is 2.42. The Balaban J connectivity index is 4.84. The van der Waals surface area contributed by atoms with Crippen LogP contribution in [0.3, 0.4) is 0 Å². The minimum atomic E-state index is -0.919. The van der Waals surface area contributed by atoms with Crippen molar-refractivity contribution in [2.24, 2.45) is 11.8 Å². The fraction of sp³-hybridized carbons (Fsp3) is 0.875. The first-order valence-corrected chi connectivity index (χ1v) is 7.86. The number of carboxylic acids is 1. The van der Waals surface area contributed by atoms with Crippen LogP contribution < -0.4 is 0 Å². The molecule has 0 saturated carbocycles. The molecule has 0 aliphatic carbocycles. The van der Waals surface area contributed by atoms with E-state index in [9.17, 15) is 14.7 Å². The van der Waals surface area contributed by atoms with E-state index in [0.717, 1.165) is 25.7 Å². The summed E-state index contributed by atoms with van der Waals surface area (Å²) in [6.45, 7) is 8.22. The molecule has 0 amide bonds. The third-order valence-corrected chi connectivity index (χ3v) is 3.67. The number of unbranched alkanes of at least 4 members (excludes halogenated alkanes) is 2. The van der Waals surface area contributed by atoms with Gasteiger partial charge in [0.2, 0.25) is 0 Å². The highest BCUT2D eigenvalue weighted by Crippen LogP contribution is 2.25. The summed E-state index contributed by atoms with van der Waals surface area (Å²) in [6, 6.07) is 0. The van der Waals surface area contributed by atoms with Crippen molar-refractivity contribution in [3.05, 3.63) is 0 Å². The van der Waals surface area contributed by atoms with E-state index in [1.807, 2.05) is 13.8 Å². The Morgan fingerprint density at radius 3 is 2.20 bits per heavy atom. The molecule has 3 unspecified atom stereocenters. The molecule has 4 heteroatoms. The van der Waals surface area contributed by atoms with E-state index in [4.69, 9.17) is 4.74 Å². The van der Waals surface area contributed by atoms with Crippen LogP contribution >= 0.6 is 0 Å². The van der Waals surface area contributed by atoms with Crippen LogP contribution in [0.1, 0.15) is 66.2 Å². The van der Waals surface area contributed by atoms with Crippen LogP contribution in [0.4, 0.5) is 0 Å². The average Bonchev–Trinajstić information content (AvgIpc) is 2.42. The second-order valence-corrected chi connectivity index (χ2v) is 5.39. The van der Waals surface area contributed by atoms with Gasteiger partial charge in [0, 0.05) is 13.0 Å². The summed E-state index contributed by atoms with van der Waals surface area (Å²) in [6.07, 6.45) is 4.61. The molecule has 0 aromatic carbocycles. The highest BCUT2D eigenvalue weighted by Gasteiger charge is 2.35. The zero-order chi connectivity index (χ0) is 15.5. The van der Waals surface area contributed by atoms with Crippen molar-refractivity contribution in [1.29, 1.82) is 0 Å². The largest absolute Gasteiger partial charge is 0.481 e. The van der Waals surface area contributed by atoms with E-state index in [1.54, 1.807) is 6.92 Å². The molecule has 0 radical (unpaired) electrons. The number of carboxylic acid groups (broad SMARTS) is 1. The summed E-state index contributed by atoms with van der Waals surface area (Å²) in [5, 5.41) is 9.23. The first kappa shape index (κ1) is 19.1. The second-order valence-electron chi connectivity index (χ2n) is 5.39. The molecule has 0 spiro atoms. The Labute approximate surface area is 122 Å². The number of hydrogen-bond donors (Lipinski definition) is 1. The van der Waals surface area contributed by atoms with Gasteiger partial charge in [0.05, 0.1) is 17.9 Å². The summed E-state index contributed by atoms with van der Waals surface area (Å²) in [5.74, 6) is -2.10. The molecule has 4 nitrogen and oxygen atoms in total. The molecule has 0 aliphatic heterocycles. The molecule has 1 N–H and O–H groups in total. The molecule has 0 bridgehead atoms. The Kier molecular flexibility index (Phi) is 10.3. The lowest BCUT2D eigenvalue weighted by atomic mass is 9.82. The molecule has 20 heavy (non-hydrogen) atoms. The van der Waals surface area contributed by atoms with Crippen LogP contribution in [-0.2, 0) is 14.3 Å². The van der Waals surface area contributed by atoms with Gasteiger partial charge in [-0.05, 0) is 19.3 Å². The molecule has 0 saturated heterocycles. The van der Waals surface area contributed by atoms with Gasteiger partial charge in [-0.1, -0.05) is 40.5 Å². The van der Waals surface area contributed by atoms with Crippen molar-refractivity contribution in [3.63, 3.8) is 0 Å². The van der Waals surface area contributed by atoms with E-state index in [-0.39, 0.29) is 11.9 Å². The van der Waals surface area contributed by atoms with E-state index >= 15 is 0 Å². The Hall–Kier alpha value is -0.900. The Morgan fingerprint density at radius 1 is 1.10 bits per heavy atom. The number of rotatable bonds is 12. The van der Waals surface area contributed by atoms with Crippen molar-refractivity contribution in [3.8, 4) is 0 Å². The molecule has 118 valence electrons. The van der Waals surface area contributed by atoms with Crippen molar-refractivity contribution in [1.82, 2.24) is 0 Å². The highest BCUT2D eigenvalue weighted by molar-refractivity contribution is 5.86. The zero-order valence-corrected chi connectivity index (χ0v) is 13.4. The summed E-state index contributed by atoms with van der Waals surface area (Å²) in [7, 11) is 0. The van der Waals surface area contributed by atoms with Crippen molar-refractivity contribution in [2.75, 3.05) is 6.61 Å². The number of carbonyl (C=O) groups is 2. The lowest BCUT2D eigenvalue weighted by molar-refractivity contribution is -0.150. The second kappa shape index (κ2) is 10.8. The third-order valence-electron chi connectivity index (χ3n) is 3.67. The van der Waals surface area contributed by atoms with Gasteiger partial charge < -0.3 is 9.84 Å². The standard InChI is InChI=1S/C16H30O4/c1-5-8-9-10-13(17)15(12(4)16(18)19)14(7-3)20-11-6-2/h12,14-15H,5-11H2,1-4H3,(H,18,19). The van der Waals surface area contributed by atoms with Gasteiger partial charge >= 0.3 is 5.97 Å². The minimum absolute atomic E-state index is 0.0382. The van der Waals surface area contributed by atoms with Crippen LogP contribution in [0.15, 0.2) is 0 Å². The lowest BCUT2D eigenvalue weighted by Crippen LogP contribution is -2.38. The van der Waals surface area contributed by atoms with Gasteiger partial charge in [-0.25, -0.2) is 0 Å². The third kappa shape index (κ3) is 6.51. The number of hydrogen-bond acceptors (Lipinski definition) is 3. The molecular formula is C16H30O4. The molecule has 0 aromatic rings. The van der Waals surface area contributed by atoms with Crippen molar-refractivity contribution >= 4 is 11.8 Å². The smallest absolute Gasteiger partial charge is 0.307 e. The van der Waals surface area contributed by atoms with Gasteiger partial charge in [0.15, 0.2) is 0 Å². The number of Topliss-reactive ketones (excluding diaryl/α,β-unsaturated/α-hetero) is 1. The normalized spacial score (nSPS) is 15.6. The van der Waals surface area contributed by atoms with Gasteiger partial charge in [-0.2, -0.15) is 0 Å². The summed E-state index contributed by atoms with van der Waals surface area (Å²) in [4.78, 5) is 23.6. The number of ketones is 1.